The molecule has 69 heavy (non-hydrogen) atoms. The average Bonchev–Trinajstić information content (AvgIpc) is 3.98. The van der Waals surface area contributed by atoms with Gasteiger partial charge in [0.15, 0.2) is 0 Å². The van der Waals surface area contributed by atoms with Crippen molar-refractivity contribution < 1.29 is 4.74 Å². The minimum atomic E-state index is -0.246. The predicted octanol–water partition coefficient (Wildman–Crippen LogP) is 14.0. The lowest BCUT2D eigenvalue weighted by Gasteiger charge is -2.43. The SMILES string of the molecule is CN1C(C2=CC=CCC2)=NC(C2=C(C3=CCCC4OC5c6c(c7ccccc7n6C6=CCCCC6)C=CC5C34)NCC(C3=CC(C4=CCCC=C4)=C(C4=CC=CCC4)CC3)=C2)NC1C1=CC=CCC1. The van der Waals surface area contributed by atoms with Gasteiger partial charge in [0.1, 0.15) is 24.3 Å². The summed E-state index contributed by atoms with van der Waals surface area (Å²) < 4.78 is 10.1. The van der Waals surface area contributed by atoms with Crippen LogP contribution in [0.4, 0.5) is 0 Å². The Morgan fingerprint density at radius 2 is 1.58 bits per heavy atom. The summed E-state index contributed by atoms with van der Waals surface area (Å²) in [5, 5.41) is 9.78. The molecule has 4 heterocycles. The molecule has 8 aliphatic carbocycles. The van der Waals surface area contributed by atoms with Crippen molar-refractivity contribution >= 4 is 28.5 Å². The molecule has 6 unspecified atom stereocenters. The number of rotatable bonds is 8. The highest BCUT2D eigenvalue weighted by molar-refractivity contribution is 6.00. The van der Waals surface area contributed by atoms with Crippen LogP contribution in [0.1, 0.15) is 120 Å². The quantitative estimate of drug-likeness (QED) is 0.277. The molecule has 1 aromatic heterocycles. The Morgan fingerprint density at radius 1 is 0.725 bits per heavy atom. The number of aromatic nitrogens is 1. The first kappa shape index (κ1) is 43.1. The number of nitrogens with zero attached hydrogens (tertiary/aromatic N) is 3. The van der Waals surface area contributed by atoms with Crippen molar-refractivity contribution in [3.63, 3.8) is 0 Å². The van der Waals surface area contributed by atoms with E-state index in [0.717, 1.165) is 102 Å². The van der Waals surface area contributed by atoms with Crippen LogP contribution in [0.5, 0.6) is 0 Å². The molecule has 1 fully saturated rings. The van der Waals surface area contributed by atoms with Gasteiger partial charge in [-0.1, -0.05) is 121 Å². The van der Waals surface area contributed by atoms with Crippen LogP contribution < -0.4 is 10.6 Å². The topological polar surface area (TPSA) is 53.8 Å². The van der Waals surface area contributed by atoms with Gasteiger partial charge in [0.2, 0.25) is 0 Å². The smallest absolute Gasteiger partial charge is 0.131 e. The third kappa shape index (κ3) is 7.74. The van der Waals surface area contributed by atoms with Gasteiger partial charge < -0.3 is 19.5 Å². The van der Waals surface area contributed by atoms with E-state index in [1.165, 1.54) is 102 Å². The molecule has 0 spiro atoms. The molecule has 0 amide bonds. The summed E-state index contributed by atoms with van der Waals surface area (Å²) in [5.74, 6) is 1.57. The van der Waals surface area contributed by atoms with Gasteiger partial charge in [0.05, 0.1) is 17.3 Å². The first-order valence-electron chi connectivity index (χ1n) is 26.7. The van der Waals surface area contributed by atoms with Crippen LogP contribution >= 0.6 is 0 Å². The summed E-state index contributed by atoms with van der Waals surface area (Å²) in [5.41, 5.74) is 20.9. The first-order chi connectivity index (χ1) is 34.2. The lowest BCUT2D eigenvalue weighted by molar-refractivity contribution is 0.0238. The molecule has 1 aromatic carbocycles. The summed E-state index contributed by atoms with van der Waals surface area (Å²) in [6, 6.07) is 9.07. The fourth-order valence-corrected chi connectivity index (χ4v) is 13.6. The number of hydrogen-bond donors (Lipinski definition) is 2. The van der Waals surface area contributed by atoms with E-state index in [-0.39, 0.29) is 36.4 Å². The van der Waals surface area contributed by atoms with Crippen LogP contribution in [0.15, 0.2) is 194 Å². The van der Waals surface area contributed by atoms with Crippen LogP contribution in [0.3, 0.4) is 0 Å². The van der Waals surface area contributed by atoms with Gasteiger partial charge in [-0.05, 0) is 165 Å². The van der Waals surface area contributed by atoms with E-state index in [1.54, 1.807) is 0 Å². The van der Waals surface area contributed by atoms with E-state index in [1.807, 2.05) is 0 Å². The highest BCUT2D eigenvalue weighted by atomic mass is 16.5. The number of aliphatic imine (C=N–C) groups is 1. The highest BCUT2D eigenvalue weighted by Gasteiger charge is 2.51. The lowest BCUT2D eigenvalue weighted by atomic mass is 9.72. The maximum Gasteiger partial charge on any atom is 0.131 e. The van der Waals surface area contributed by atoms with E-state index < -0.39 is 0 Å². The zero-order chi connectivity index (χ0) is 45.8. The van der Waals surface area contributed by atoms with Crippen LogP contribution in [0, 0.1) is 11.8 Å². The molecule has 1 saturated heterocycles. The summed E-state index contributed by atoms with van der Waals surface area (Å²) in [6.45, 7) is 0.790. The lowest BCUT2D eigenvalue weighted by Crippen LogP contribution is -2.57. The fraction of sp³-hybridized carbons (Fsp3) is 0.381. The average molecular weight is 910 g/mol. The molecule has 11 aliphatic rings. The van der Waals surface area contributed by atoms with E-state index >= 15 is 0 Å². The third-order valence-corrected chi connectivity index (χ3v) is 17.0. The summed E-state index contributed by atoms with van der Waals surface area (Å²) in [4.78, 5) is 8.25. The second-order valence-electron chi connectivity index (χ2n) is 21.0. The monoisotopic (exact) mass is 910 g/mol. The maximum absolute atomic E-state index is 7.49. The molecule has 350 valence electrons. The van der Waals surface area contributed by atoms with Crippen LogP contribution in [0.25, 0.3) is 22.7 Å². The van der Waals surface area contributed by atoms with Gasteiger partial charge >= 0.3 is 0 Å². The number of allylic oxidation sites excluding steroid dienone is 21. The van der Waals surface area contributed by atoms with Gasteiger partial charge in [-0.25, -0.2) is 4.99 Å². The number of fused-ring (bicyclic) bond motifs is 7. The van der Waals surface area contributed by atoms with Crippen molar-refractivity contribution in [3.8, 4) is 0 Å². The second-order valence-corrected chi connectivity index (χ2v) is 21.0. The van der Waals surface area contributed by atoms with Gasteiger partial charge in [0.25, 0.3) is 0 Å². The normalized spacial score (nSPS) is 29.8. The molecule has 13 rings (SSSR count). The molecule has 6 nitrogen and oxygen atoms in total. The van der Waals surface area contributed by atoms with Gasteiger partial charge in [-0.2, -0.15) is 0 Å². The van der Waals surface area contributed by atoms with Crippen LogP contribution in [0.2, 0.25) is 0 Å². The molecule has 0 bridgehead atoms. The molecular formula is C63H67N5O. The number of likely N-dealkylation sites (N-methyl/N-ethyl adjacent to an activating group) is 1. The second kappa shape index (κ2) is 18.4. The van der Waals surface area contributed by atoms with Gasteiger partial charge in [-0.3, -0.25) is 5.32 Å². The van der Waals surface area contributed by atoms with E-state index in [9.17, 15) is 0 Å². The summed E-state index contributed by atoms with van der Waals surface area (Å²) in [6.07, 6.45) is 60.6. The van der Waals surface area contributed by atoms with Crippen molar-refractivity contribution in [1.29, 1.82) is 0 Å². The molecule has 0 radical (unpaired) electrons. The first-order valence-corrected chi connectivity index (χ1v) is 26.7. The molecule has 6 heteroatoms. The largest absolute Gasteiger partial charge is 0.380 e. The molecule has 2 N–H and O–H groups in total. The Kier molecular flexibility index (Phi) is 11.5. The Hall–Kier alpha value is -5.95. The van der Waals surface area contributed by atoms with Gasteiger partial charge in [0, 0.05) is 53.3 Å². The van der Waals surface area contributed by atoms with Gasteiger partial charge in [-0.15, -0.1) is 0 Å². The highest BCUT2D eigenvalue weighted by Crippen LogP contribution is 2.56. The van der Waals surface area contributed by atoms with E-state index in [0.29, 0.717) is 0 Å². The predicted molar refractivity (Wildman–Crippen MR) is 285 cm³/mol. The Labute approximate surface area is 409 Å². The molecule has 3 aliphatic heterocycles. The van der Waals surface area contributed by atoms with E-state index in [4.69, 9.17) is 9.73 Å². The zero-order valence-electron chi connectivity index (χ0n) is 40.4. The maximum atomic E-state index is 7.49. The zero-order valence-corrected chi connectivity index (χ0v) is 40.4. The van der Waals surface area contributed by atoms with Crippen LogP contribution in [-0.4, -0.2) is 47.3 Å². The number of nitrogens with one attached hydrogen (secondary N) is 2. The van der Waals surface area contributed by atoms with Crippen molar-refractivity contribution in [2.24, 2.45) is 16.8 Å². The number of dihydropyridines is 1. The number of para-hydroxylation sites is 1. The minimum Gasteiger partial charge on any atom is -0.380 e. The van der Waals surface area contributed by atoms with Crippen LogP contribution in [-0.2, 0) is 4.74 Å². The molecule has 2 aromatic rings. The van der Waals surface area contributed by atoms with Crippen molar-refractivity contribution in [2.75, 3.05) is 13.6 Å². The molecule has 0 saturated carbocycles. The standard InChI is InChI=1S/C63H67N5O/c1-67-62(43-24-11-4-12-25-43)65-61(66-63(67)44-26-13-5-14-27-44)54-39-46(45-34-35-48(41-20-7-2-8-21-41)53(38-45)42-22-9-3-10-23-42)40-64-58(54)51-31-19-33-56-57(51)52-37-36-50-49-30-17-18-32-55(49)68(59(50)60(52)69-56)47-28-15-6-16-29-47/h2,4-5,7,9,11,13,17-18,20,22-24,26,28,30-32,36-39,52,56-57,60-62,64-65H,3,6,8,10,12,14-16,19,21,25,27,29,33-35,40H2,1H3. The van der Waals surface area contributed by atoms with Crippen molar-refractivity contribution in [3.05, 3.63) is 200 Å². The van der Waals surface area contributed by atoms with Crippen molar-refractivity contribution in [2.45, 2.75) is 127 Å². The number of ether oxygens (including phenoxy) is 1. The van der Waals surface area contributed by atoms with E-state index in [2.05, 4.69) is 161 Å². The number of amidine groups is 1. The Balaban J connectivity index is 0.954. The van der Waals surface area contributed by atoms with Crippen molar-refractivity contribution in [1.82, 2.24) is 20.1 Å². The molecule has 6 atom stereocenters. The molecular weight excluding hydrogens is 843 g/mol. The third-order valence-electron chi connectivity index (χ3n) is 17.0. The Morgan fingerprint density at radius 3 is 2.38 bits per heavy atom. The Bertz CT molecular complexity index is 3000. The number of hydrogen-bond acceptors (Lipinski definition) is 5. The summed E-state index contributed by atoms with van der Waals surface area (Å²) >= 11 is 0. The number of benzene rings is 1. The fourth-order valence-electron chi connectivity index (χ4n) is 13.6. The minimum absolute atomic E-state index is 0.00627. The summed E-state index contributed by atoms with van der Waals surface area (Å²) in [7, 11) is 2.25.